The van der Waals surface area contributed by atoms with E-state index in [0.29, 0.717) is 24.5 Å². The van der Waals surface area contributed by atoms with Crippen molar-refractivity contribution >= 4 is 29.2 Å². The quantitative estimate of drug-likeness (QED) is 0.555. The zero-order valence-corrected chi connectivity index (χ0v) is 9.44. The Hall–Kier alpha value is -0.470. The molecule has 0 saturated carbocycles. The number of alkyl halides is 1. The van der Waals surface area contributed by atoms with Gasteiger partial charge in [-0.05, 0) is 12.5 Å². The molecule has 0 amide bonds. The Balaban J connectivity index is 2.38. The summed E-state index contributed by atoms with van der Waals surface area (Å²) < 4.78 is 4.83. The molecule has 0 spiro atoms. The third kappa shape index (κ3) is 3.72. The van der Waals surface area contributed by atoms with Crippen LogP contribution in [0.25, 0.3) is 0 Å². The SMILES string of the molecule is CC(=O)OCCC1(Cl)C=CC(Cl)=CC1. The van der Waals surface area contributed by atoms with Crippen molar-refractivity contribution in [1.82, 2.24) is 0 Å². The Morgan fingerprint density at radius 2 is 2.43 bits per heavy atom. The number of rotatable bonds is 3. The van der Waals surface area contributed by atoms with Crippen LogP contribution in [0.5, 0.6) is 0 Å². The lowest BCUT2D eigenvalue weighted by Gasteiger charge is -2.23. The topological polar surface area (TPSA) is 26.3 Å². The fourth-order valence-corrected chi connectivity index (χ4v) is 1.54. The van der Waals surface area contributed by atoms with Crippen LogP contribution in [0.4, 0.5) is 0 Å². The normalized spacial score (nSPS) is 25.8. The highest BCUT2D eigenvalue weighted by Crippen LogP contribution is 2.32. The van der Waals surface area contributed by atoms with Gasteiger partial charge in [0.05, 0.1) is 11.5 Å². The lowest BCUT2D eigenvalue weighted by molar-refractivity contribution is -0.141. The fourth-order valence-electron chi connectivity index (χ4n) is 1.18. The van der Waals surface area contributed by atoms with Crippen LogP contribution in [0.3, 0.4) is 0 Å². The van der Waals surface area contributed by atoms with E-state index in [1.54, 1.807) is 6.08 Å². The number of hydrogen-bond donors (Lipinski definition) is 0. The number of esters is 1. The second kappa shape index (κ2) is 4.85. The molecule has 1 aliphatic rings. The molecule has 0 N–H and O–H groups in total. The van der Waals surface area contributed by atoms with Gasteiger partial charge in [-0.25, -0.2) is 0 Å². The van der Waals surface area contributed by atoms with Crippen molar-refractivity contribution in [3.63, 3.8) is 0 Å². The first-order valence-electron chi connectivity index (χ1n) is 4.39. The van der Waals surface area contributed by atoms with Crippen LogP contribution in [0.1, 0.15) is 19.8 Å². The maximum Gasteiger partial charge on any atom is 0.302 e. The van der Waals surface area contributed by atoms with Crippen LogP contribution in [0, 0.1) is 0 Å². The van der Waals surface area contributed by atoms with Gasteiger partial charge in [-0.3, -0.25) is 4.79 Å². The van der Waals surface area contributed by atoms with Gasteiger partial charge >= 0.3 is 5.97 Å². The Bertz CT molecular complexity index is 284. The van der Waals surface area contributed by atoms with Gasteiger partial charge in [0.2, 0.25) is 0 Å². The number of allylic oxidation sites excluding steroid dienone is 4. The molecule has 0 aromatic carbocycles. The molecule has 0 aromatic heterocycles. The minimum absolute atomic E-state index is 0.279. The van der Waals surface area contributed by atoms with Crippen LogP contribution in [-0.4, -0.2) is 17.5 Å². The lowest BCUT2D eigenvalue weighted by Crippen LogP contribution is -2.22. The van der Waals surface area contributed by atoms with E-state index >= 15 is 0 Å². The largest absolute Gasteiger partial charge is 0.466 e. The predicted octanol–water partition coefficient (Wildman–Crippen LogP) is 3.00. The summed E-state index contributed by atoms with van der Waals surface area (Å²) in [5.74, 6) is -0.279. The van der Waals surface area contributed by atoms with Gasteiger partial charge in [-0.1, -0.05) is 23.8 Å². The van der Waals surface area contributed by atoms with E-state index in [1.165, 1.54) is 6.92 Å². The molecule has 1 rings (SSSR count). The molecule has 0 saturated heterocycles. The molecule has 0 bridgehead atoms. The highest BCUT2D eigenvalue weighted by molar-refractivity contribution is 6.32. The molecule has 0 heterocycles. The zero-order valence-electron chi connectivity index (χ0n) is 7.93. The standard InChI is InChI=1S/C10H12Cl2O2/c1-8(13)14-7-6-10(12)4-2-9(11)3-5-10/h2-4H,5-7H2,1H3. The maximum atomic E-state index is 10.5. The molecular formula is C10H12Cl2O2. The molecule has 4 heteroatoms. The molecule has 0 radical (unpaired) electrons. The molecule has 0 aliphatic heterocycles. The summed E-state index contributed by atoms with van der Waals surface area (Å²) >= 11 is 12.0. The zero-order chi connectivity index (χ0) is 10.6. The Morgan fingerprint density at radius 3 is 2.93 bits per heavy atom. The summed E-state index contributed by atoms with van der Waals surface area (Å²) in [6.45, 7) is 1.73. The molecule has 0 fully saturated rings. The van der Waals surface area contributed by atoms with Crippen LogP contribution >= 0.6 is 23.2 Å². The first-order chi connectivity index (χ1) is 6.52. The molecule has 1 atom stereocenters. The summed E-state index contributed by atoms with van der Waals surface area (Å²) in [5.41, 5.74) is 0. The number of halogens is 2. The van der Waals surface area contributed by atoms with Crippen LogP contribution < -0.4 is 0 Å². The third-order valence-electron chi connectivity index (χ3n) is 2.00. The summed E-state index contributed by atoms with van der Waals surface area (Å²) in [6.07, 6.45) is 6.75. The number of hydrogen-bond acceptors (Lipinski definition) is 2. The van der Waals surface area contributed by atoms with E-state index in [2.05, 4.69) is 0 Å². The molecule has 1 aliphatic carbocycles. The van der Waals surface area contributed by atoms with Gasteiger partial charge in [-0.2, -0.15) is 0 Å². The number of ether oxygens (including phenoxy) is 1. The van der Waals surface area contributed by atoms with Crippen LogP contribution in [0.2, 0.25) is 0 Å². The van der Waals surface area contributed by atoms with Gasteiger partial charge in [-0.15, -0.1) is 11.6 Å². The molecule has 0 aromatic rings. The van der Waals surface area contributed by atoms with Crippen molar-refractivity contribution in [3.05, 3.63) is 23.3 Å². The second-order valence-electron chi connectivity index (χ2n) is 3.25. The molecule has 14 heavy (non-hydrogen) atoms. The van der Waals surface area contributed by atoms with E-state index in [0.717, 1.165) is 0 Å². The third-order valence-corrected chi connectivity index (χ3v) is 2.75. The van der Waals surface area contributed by atoms with E-state index in [4.69, 9.17) is 27.9 Å². The van der Waals surface area contributed by atoms with E-state index in [-0.39, 0.29) is 5.97 Å². The molecular weight excluding hydrogens is 223 g/mol. The van der Waals surface area contributed by atoms with Crippen LogP contribution in [-0.2, 0) is 9.53 Å². The lowest BCUT2D eigenvalue weighted by atomic mass is 9.96. The molecule has 78 valence electrons. The van der Waals surface area contributed by atoms with Crippen molar-refractivity contribution in [1.29, 1.82) is 0 Å². The summed E-state index contributed by atoms with van der Waals surface area (Å²) in [4.78, 5) is 10.1. The van der Waals surface area contributed by atoms with E-state index < -0.39 is 4.87 Å². The Labute approximate surface area is 93.5 Å². The second-order valence-corrected chi connectivity index (χ2v) is 4.44. The minimum atomic E-state index is -0.451. The first-order valence-corrected chi connectivity index (χ1v) is 5.15. The van der Waals surface area contributed by atoms with Gasteiger partial charge in [0.15, 0.2) is 0 Å². The maximum absolute atomic E-state index is 10.5. The molecule has 2 nitrogen and oxygen atoms in total. The van der Waals surface area contributed by atoms with Crippen molar-refractivity contribution in [3.8, 4) is 0 Å². The average molecular weight is 235 g/mol. The predicted molar refractivity (Wildman–Crippen MR) is 57.5 cm³/mol. The summed E-state index contributed by atoms with van der Waals surface area (Å²) in [6, 6.07) is 0. The smallest absolute Gasteiger partial charge is 0.302 e. The fraction of sp³-hybridized carbons (Fsp3) is 0.500. The van der Waals surface area contributed by atoms with Crippen molar-refractivity contribution in [2.24, 2.45) is 0 Å². The highest BCUT2D eigenvalue weighted by atomic mass is 35.5. The van der Waals surface area contributed by atoms with E-state index in [1.807, 2.05) is 12.2 Å². The van der Waals surface area contributed by atoms with Crippen molar-refractivity contribution in [2.45, 2.75) is 24.6 Å². The van der Waals surface area contributed by atoms with Gasteiger partial charge < -0.3 is 4.74 Å². The number of carbonyl (C=O) groups is 1. The highest BCUT2D eigenvalue weighted by Gasteiger charge is 2.25. The van der Waals surface area contributed by atoms with Crippen molar-refractivity contribution in [2.75, 3.05) is 6.61 Å². The van der Waals surface area contributed by atoms with Gasteiger partial charge in [0.25, 0.3) is 0 Å². The average Bonchev–Trinajstić information content (AvgIpc) is 2.10. The monoisotopic (exact) mass is 234 g/mol. The van der Waals surface area contributed by atoms with Gasteiger partial charge in [0, 0.05) is 18.4 Å². The Kier molecular flexibility index (Phi) is 4.02. The Morgan fingerprint density at radius 1 is 1.71 bits per heavy atom. The molecule has 1 unspecified atom stereocenters. The van der Waals surface area contributed by atoms with E-state index in [9.17, 15) is 4.79 Å². The van der Waals surface area contributed by atoms with Gasteiger partial charge in [0.1, 0.15) is 0 Å². The first kappa shape index (κ1) is 11.6. The summed E-state index contributed by atoms with van der Waals surface area (Å²) in [7, 11) is 0. The number of carbonyl (C=O) groups excluding carboxylic acids is 1. The minimum Gasteiger partial charge on any atom is -0.466 e. The summed E-state index contributed by atoms with van der Waals surface area (Å²) in [5, 5.41) is 0.703. The van der Waals surface area contributed by atoms with Crippen molar-refractivity contribution < 1.29 is 9.53 Å². The van der Waals surface area contributed by atoms with Crippen LogP contribution in [0.15, 0.2) is 23.3 Å².